The lowest BCUT2D eigenvalue weighted by Gasteiger charge is -2.36. The van der Waals surface area contributed by atoms with Gasteiger partial charge < -0.3 is 14.7 Å². The zero-order valence-electron chi connectivity index (χ0n) is 17.8. The van der Waals surface area contributed by atoms with Crippen LogP contribution in [0.1, 0.15) is 21.5 Å². The molecule has 0 aromatic heterocycles. The molecule has 1 fully saturated rings. The number of phenols is 1. The third kappa shape index (κ3) is 4.26. The van der Waals surface area contributed by atoms with Crippen molar-refractivity contribution >= 4 is 33.5 Å². The third-order valence-corrected chi connectivity index (χ3v) is 6.78. The maximum Gasteiger partial charge on any atom is 0.231 e. The molecule has 0 bridgehead atoms. The van der Waals surface area contributed by atoms with E-state index in [0.717, 1.165) is 10.0 Å². The van der Waals surface area contributed by atoms with E-state index in [9.17, 15) is 14.3 Å². The molecule has 3 aromatic rings. The molecule has 5 rings (SSSR count). The number of aromatic hydroxyl groups is 1. The fraction of sp³-hybridized carbons (Fsp3) is 0.192. The van der Waals surface area contributed by atoms with Crippen LogP contribution in [-0.4, -0.2) is 42.0 Å². The second-order valence-corrected chi connectivity index (χ2v) is 8.97. The van der Waals surface area contributed by atoms with E-state index in [1.807, 2.05) is 35.2 Å². The molecule has 0 spiro atoms. The van der Waals surface area contributed by atoms with E-state index in [0.29, 0.717) is 55.3 Å². The van der Waals surface area contributed by atoms with Gasteiger partial charge in [0.2, 0.25) is 5.78 Å². The summed E-state index contributed by atoms with van der Waals surface area (Å²) in [6.07, 6.45) is 1.71. The zero-order valence-corrected chi connectivity index (χ0v) is 19.4. The number of para-hydroxylation sites is 1. The van der Waals surface area contributed by atoms with E-state index in [1.165, 1.54) is 6.07 Å². The molecule has 0 saturated carbocycles. The Bertz CT molecular complexity index is 1250. The Balaban J connectivity index is 1.34. The normalized spacial score (nSPS) is 17.3. The number of nitrogens with zero attached hydrogens (tertiary/aromatic N) is 2. The maximum atomic E-state index is 14.1. The number of hydrogen-bond donors (Lipinski definition) is 1. The van der Waals surface area contributed by atoms with Crippen molar-refractivity contribution in [2.24, 2.45) is 0 Å². The molecular formula is C26H22BrFN2O3. The van der Waals surface area contributed by atoms with Crippen LogP contribution in [0.4, 0.5) is 10.1 Å². The molecule has 7 heteroatoms. The topological polar surface area (TPSA) is 53.0 Å². The van der Waals surface area contributed by atoms with Gasteiger partial charge in [0.15, 0.2) is 5.76 Å². The second kappa shape index (κ2) is 9.00. The molecule has 1 saturated heterocycles. The van der Waals surface area contributed by atoms with Crippen LogP contribution in [0.2, 0.25) is 0 Å². The molecule has 0 atom stereocenters. The first-order valence-corrected chi connectivity index (χ1v) is 11.6. The number of fused-ring (bicyclic) bond motifs is 1. The average Bonchev–Trinajstić information content (AvgIpc) is 3.13. The van der Waals surface area contributed by atoms with Gasteiger partial charge in [-0.15, -0.1) is 0 Å². The molecule has 0 radical (unpaired) electrons. The van der Waals surface area contributed by atoms with Crippen LogP contribution >= 0.6 is 15.9 Å². The van der Waals surface area contributed by atoms with Crippen LogP contribution in [0.15, 0.2) is 70.9 Å². The van der Waals surface area contributed by atoms with Gasteiger partial charge in [0, 0.05) is 37.2 Å². The SMILES string of the molecule is O=C1/C(=C/c2ccccc2Br)Oc2c1ccc(O)c2CN1CCN(c2ccccc2F)CC1. The second-order valence-electron chi connectivity index (χ2n) is 8.12. The highest BCUT2D eigenvalue weighted by molar-refractivity contribution is 9.10. The number of carbonyl (C=O) groups is 1. The summed E-state index contributed by atoms with van der Waals surface area (Å²) in [5.41, 5.74) is 2.49. The summed E-state index contributed by atoms with van der Waals surface area (Å²) in [6, 6.07) is 17.5. The molecular weight excluding hydrogens is 487 g/mol. The monoisotopic (exact) mass is 508 g/mol. The number of benzene rings is 3. The Hall–Kier alpha value is -3.16. The van der Waals surface area contributed by atoms with E-state index in [4.69, 9.17) is 4.74 Å². The molecule has 5 nitrogen and oxygen atoms in total. The molecule has 2 aliphatic heterocycles. The van der Waals surface area contributed by atoms with Gasteiger partial charge in [-0.1, -0.05) is 46.3 Å². The van der Waals surface area contributed by atoms with Gasteiger partial charge in [0.25, 0.3) is 0 Å². The van der Waals surface area contributed by atoms with Gasteiger partial charge in [-0.2, -0.15) is 0 Å². The van der Waals surface area contributed by atoms with E-state index in [1.54, 1.807) is 30.3 Å². The van der Waals surface area contributed by atoms with Crippen molar-refractivity contribution in [3.8, 4) is 11.5 Å². The number of ether oxygens (including phenoxy) is 1. The first-order chi connectivity index (χ1) is 16.0. The number of allylic oxidation sites excluding steroid dienone is 1. The van der Waals surface area contributed by atoms with E-state index < -0.39 is 0 Å². The van der Waals surface area contributed by atoms with Crippen molar-refractivity contribution in [3.63, 3.8) is 0 Å². The molecule has 2 aliphatic rings. The number of hydrogen-bond acceptors (Lipinski definition) is 5. The Kier molecular flexibility index (Phi) is 5.91. The van der Waals surface area contributed by atoms with E-state index in [2.05, 4.69) is 20.8 Å². The fourth-order valence-corrected chi connectivity index (χ4v) is 4.66. The average molecular weight is 509 g/mol. The minimum absolute atomic E-state index is 0.0974. The predicted octanol–water partition coefficient (Wildman–Crippen LogP) is 5.23. The molecule has 0 aliphatic carbocycles. The van der Waals surface area contributed by atoms with Crippen molar-refractivity contribution < 1.29 is 19.0 Å². The Labute approximate surface area is 199 Å². The van der Waals surface area contributed by atoms with Gasteiger partial charge in [-0.05, 0) is 42.0 Å². The number of carbonyl (C=O) groups excluding carboxylic acids is 1. The first kappa shape index (κ1) is 21.7. The van der Waals surface area contributed by atoms with Gasteiger partial charge >= 0.3 is 0 Å². The number of phenolic OH excluding ortho intramolecular Hbond substituents is 1. The predicted molar refractivity (Wildman–Crippen MR) is 129 cm³/mol. The lowest BCUT2D eigenvalue weighted by Crippen LogP contribution is -2.46. The number of ketones is 1. The summed E-state index contributed by atoms with van der Waals surface area (Å²) in [6.45, 7) is 3.18. The third-order valence-electron chi connectivity index (χ3n) is 6.06. The Morgan fingerprint density at radius 1 is 1.00 bits per heavy atom. The van der Waals surface area contributed by atoms with Gasteiger partial charge in [-0.3, -0.25) is 9.69 Å². The van der Waals surface area contributed by atoms with Crippen molar-refractivity contribution in [1.29, 1.82) is 0 Å². The largest absolute Gasteiger partial charge is 0.507 e. The van der Waals surface area contributed by atoms with Crippen LogP contribution in [0.25, 0.3) is 6.08 Å². The first-order valence-electron chi connectivity index (χ1n) is 10.8. The number of rotatable bonds is 4. The highest BCUT2D eigenvalue weighted by Gasteiger charge is 2.32. The minimum atomic E-state index is -0.222. The summed E-state index contributed by atoms with van der Waals surface area (Å²) < 4.78 is 21.0. The minimum Gasteiger partial charge on any atom is -0.507 e. The molecule has 33 heavy (non-hydrogen) atoms. The number of halogens is 2. The quantitative estimate of drug-likeness (QED) is 0.489. The van der Waals surface area contributed by atoms with Crippen molar-refractivity contribution in [3.05, 3.63) is 93.4 Å². The van der Waals surface area contributed by atoms with Crippen LogP contribution in [0.3, 0.4) is 0 Å². The molecule has 3 aromatic carbocycles. The zero-order chi connectivity index (χ0) is 22.9. The van der Waals surface area contributed by atoms with E-state index >= 15 is 0 Å². The summed E-state index contributed by atoms with van der Waals surface area (Å²) in [7, 11) is 0. The molecule has 0 amide bonds. The maximum absolute atomic E-state index is 14.1. The summed E-state index contributed by atoms with van der Waals surface area (Å²) >= 11 is 3.49. The van der Waals surface area contributed by atoms with Crippen LogP contribution < -0.4 is 9.64 Å². The van der Waals surface area contributed by atoms with Gasteiger partial charge in [0.05, 0.1) is 16.8 Å². The Morgan fingerprint density at radius 2 is 1.73 bits per heavy atom. The Morgan fingerprint density at radius 3 is 2.48 bits per heavy atom. The standard InChI is InChI=1S/C26H22BrFN2O3/c27-20-6-2-1-5-17(20)15-24-25(32)18-9-10-23(31)19(26(18)33-24)16-29-11-13-30(14-12-29)22-8-4-3-7-21(22)28/h1-10,15,31H,11-14,16H2/b24-15-. The van der Waals surface area contributed by atoms with Crippen molar-refractivity contribution in [1.82, 2.24) is 4.90 Å². The lowest BCUT2D eigenvalue weighted by molar-refractivity contribution is 0.101. The summed E-state index contributed by atoms with van der Waals surface area (Å²) in [5, 5.41) is 10.6. The van der Waals surface area contributed by atoms with Crippen molar-refractivity contribution in [2.45, 2.75) is 6.54 Å². The summed E-state index contributed by atoms with van der Waals surface area (Å²) in [4.78, 5) is 17.2. The highest BCUT2D eigenvalue weighted by Crippen LogP contribution is 2.40. The molecule has 168 valence electrons. The van der Waals surface area contributed by atoms with Crippen LogP contribution in [0.5, 0.6) is 11.5 Å². The molecule has 0 unspecified atom stereocenters. The van der Waals surface area contributed by atoms with Crippen LogP contribution in [0, 0.1) is 5.82 Å². The molecule has 1 N–H and O–H groups in total. The molecule has 2 heterocycles. The number of Topliss-reactive ketones (excluding diaryl/α,β-unsaturated/α-hetero) is 1. The summed E-state index contributed by atoms with van der Waals surface area (Å²) in [5.74, 6) is 0.315. The number of anilines is 1. The fourth-order valence-electron chi connectivity index (χ4n) is 4.26. The van der Waals surface area contributed by atoms with Gasteiger partial charge in [-0.25, -0.2) is 4.39 Å². The number of piperazine rings is 1. The van der Waals surface area contributed by atoms with E-state index in [-0.39, 0.29) is 23.1 Å². The van der Waals surface area contributed by atoms with Crippen molar-refractivity contribution in [2.75, 3.05) is 31.1 Å². The lowest BCUT2D eigenvalue weighted by atomic mass is 10.0. The smallest absolute Gasteiger partial charge is 0.231 e. The van der Waals surface area contributed by atoms with Crippen LogP contribution in [-0.2, 0) is 6.54 Å². The van der Waals surface area contributed by atoms with Gasteiger partial charge in [0.1, 0.15) is 17.3 Å². The highest BCUT2D eigenvalue weighted by atomic mass is 79.9.